The van der Waals surface area contributed by atoms with E-state index in [0.29, 0.717) is 11.7 Å². The molecule has 1 aliphatic rings. The number of amides is 1. The Balaban J connectivity index is 1.69. The van der Waals surface area contributed by atoms with Crippen molar-refractivity contribution in [2.24, 2.45) is 0 Å². The van der Waals surface area contributed by atoms with E-state index >= 15 is 0 Å². The van der Waals surface area contributed by atoms with Crippen LogP contribution in [-0.2, 0) is 0 Å². The summed E-state index contributed by atoms with van der Waals surface area (Å²) in [5, 5.41) is 14.3. The van der Waals surface area contributed by atoms with E-state index in [-0.39, 0.29) is 5.91 Å². The van der Waals surface area contributed by atoms with Gasteiger partial charge < -0.3 is 10.6 Å². The van der Waals surface area contributed by atoms with Gasteiger partial charge in [0.15, 0.2) is 5.69 Å². The fraction of sp³-hybridized carbons (Fsp3) is 0.400. The molecule has 1 saturated heterocycles. The summed E-state index contributed by atoms with van der Waals surface area (Å²) in [6.07, 6.45) is 3.75. The van der Waals surface area contributed by atoms with Crippen LogP contribution in [0.25, 0.3) is 0 Å². The molecule has 2 heterocycles. The predicted octanol–water partition coefficient (Wildman–Crippen LogP) is 2.53. The number of piperidine rings is 1. The van der Waals surface area contributed by atoms with Crippen LogP contribution in [0.1, 0.15) is 34.9 Å². The molecule has 0 aliphatic carbocycles. The van der Waals surface area contributed by atoms with Gasteiger partial charge in [-0.1, -0.05) is 27.2 Å². The number of nitrogens with zero attached hydrogens (tertiary/aromatic N) is 3. The molecule has 1 aromatic carbocycles. The number of aromatic nitrogens is 3. The largest absolute Gasteiger partial charge is 0.321 e. The van der Waals surface area contributed by atoms with E-state index in [1.54, 1.807) is 10.9 Å². The third kappa shape index (κ3) is 3.36. The second-order valence-corrected chi connectivity index (χ2v) is 6.34. The molecule has 1 aliphatic heterocycles. The number of rotatable bonds is 3. The summed E-state index contributed by atoms with van der Waals surface area (Å²) in [6, 6.07) is 6.02. The second-order valence-electron chi connectivity index (χ2n) is 5.48. The molecule has 6 nitrogen and oxygen atoms in total. The number of halogens is 1. The van der Waals surface area contributed by atoms with Crippen LogP contribution in [0, 0.1) is 6.92 Å². The molecule has 2 aromatic rings. The minimum atomic E-state index is -0.240. The molecule has 0 bridgehead atoms. The Morgan fingerprint density at radius 2 is 2.18 bits per heavy atom. The minimum Gasteiger partial charge on any atom is -0.321 e. The van der Waals surface area contributed by atoms with E-state index < -0.39 is 0 Å². The summed E-state index contributed by atoms with van der Waals surface area (Å²) in [4.78, 5) is 12.3. The highest BCUT2D eigenvalue weighted by atomic mass is 79.9. The highest BCUT2D eigenvalue weighted by Crippen LogP contribution is 2.21. The van der Waals surface area contributed by atoms with Crippen LogP contribution in [0.5, 0.6) is 0 Å². The Bertz CT molecular complexity index is 678. The average molecular weight is 364 g/mol. The zero-order valence-electron chi connectivity index (χ0n) is 12.3. The lowest BCUT2D eigenvalue weighted by molar-refractivity contribution is 0.102. The van der Waals surface area contributed by atoms with Crippen molar-refractivity contribution >= 4 is 27.5 Å². The summed E-state index contributed by atoms with van der Waals surface area (Å²) in [5.74, 6) is -0.240. The Morgan fingerprint density at radius 1 is 1.41 bits per heavy atom. The maximum absolute atomic E-state index is 12.3. The first-order valence-corrected chi connectivity index (χ1v) is 8.13. The standard InChI is InChI=1S/C15H18BrN5O/c1-10-2-3-11(8-13(10)16)18-15(22)14-9-21(20-19-14)12-4-6-17-7-5-12/h2-3,8-9,12,17H,4-7H2,1H3,(H,18,22). The third-order valence-corrected chi connectivity index (χ3v) is 4.71. The van der Waals surface area contributed by atoms with Crippen LogP contribution in [-0.4, -0.2) is 34.0 Å². The highest BCUT2D eigenvalue weighted by Gasteiger charge is 2.18. The summed E-state index contributed by atoms with van der Waals surface area (Å²) >= 11 is 3.46. The molecule has 0 saturated carbocycles. The number of hydrogen-bond acceptors (Lipinski definition) is 4. The van der Waals surface area contributed by atoms with Crippen molar-refractivity contribution in [2.75, 3.05) is 18.4 Å². The number of benzene rings is 1. The van der Waals surface area contributed by atoms with Gasteiger partial charge in [-0.15, -0.1) is 5.10 Å². The molecule has 1 fully saturated rings. The minimum absolute atomic E-state index is 0.240. The Hall–Kier alpha value is -1.73. The van der Waals surface area contributed by atoms with Gasteiger partial charge in [0.25, 0.3) is 5.91 Å². The Morgan fingerprint density at radius 3 is 2.91 bits per heavy atom. The molecule has 0 spiro atoms. The van der Waals surface area contributed by atoms with Crippen LogP contribution in [0.15, 0.2) is 28.9 Å². The van der Waals surface area contributed by atoms with Crippen molar-refractivity contribution in [2.45, 2.75) is 25.8 Å². The first-order chi connectivity index (χ1) is 10.6. The van der Waals surface area contributed by atoms with Gasteiger partial charge in [-0.25, -0.2) is 4.68 Å². The van der Waals surface area contributed by atoms with Crippen LogP contribution < -0.4 is 10.6 Å². The lowest BCUT2D eigenvalue weighted by atomic mass is 10.1. The smallest absolute Gasteiger partial charge is 0.277 e. The lowest BCUT2D eigenvalue weighted by Crippen LogP contribution is -2.29. The van der Waals surface area contributed by atoms with Crippen molar-refractivity contribution in [1.29, 1.82) is 0 Å². The fourth-order valence-corrected chi connectivity index (χ4v) is 2.87. The van der Waals surface area contributed by atoms with Crippen LogP contribution in [0.4, 0.5) is 5.69 Å². The molecular formula is C15H18BrN5O. The van der Waals surface area contributed by atoms with E-state index in [2.05, 4.69) is 36.9 Å². The average Bonchev–Trinajstić information content (AvgIpc) is 3.02. The van der Waals surface area contributed by atoms with E-state index in [1.165, 1.54) is 0 Å². The second kappa shape index (κ2) is 6.58. The number of aryl methyl sites for hydroxylation is 1. The van der Waals surface area contributed by atoms with Crippen molar-refractivity contribution in [3.63, 3.8) is 0 Å². The highest BCUT2D eigenvalue weighted by molar-refractivity contribution is 9.10. The van der Waals surface area contributed by atoms with Gasteiger partial charge in [0.1, 0.15) is 0 Å². The Labute approximate surface area is 137 Å². The van der Waals surface area contributed by atoms with Gasteiger partial charge in [0.05, 0.1) is 12.2 Å². The first kappa shape index (κ1) is 15.2. The van der Waals surface area contributed by atoms with Gasteiger partial charge in [0, 0.05) is 10.2 Å². The van der Waals surface area contributed by atoms with Gasteiger partial charge in [0.2, 0.25) is 0 Å². The number of nitrogens with one attached hydrogen (secondary N) is 2. The molecular weight excluding hydrogens is 346 g/mol. The van der Waals surface area contributed by atoms with Crippen LogP contribution in [0.2, 0.25) is 0 Å². The monoisotopic (exact) mass is 363 g/mol. The summed E-state index contributed by atoms with van der Waals surface area (Å²) < 4.78 is 2.77. The number of hydrogen-bond donors (Lipinski definition) is 2. The van der Waals surface area contributed by atoms with Gasteiger partial charge in [-0.05, 0) is 50.6 Å². The van der Waals surface area contributed by atoms with Crippen LogP contribution in [0.3, 0.4) is 0 Å². The molecule has 7 heteroatoms. The zero-order chi connectivity index (χ0) is 15.5. The van der Waals surface area contributed by atoms with Crippen LogP contribution >= 0.6 is 15.9 Å². The van der Waals surface area contributed by atoms with Gasteiger partial charge >= 0.3 is 0 Å². The lowest BCUT2D eigenvalue weighted by Gasteiger charge is -2.22. The Kier molecular flexibility index (Phi) is 4.54. The van der Waals surface area contributed by atoms with Gasteiger partial charge in [-0.2, -0.15) is 0 Å². The predicted molar refractivity (Wildman–Crippen MR) is 88.0 cm³/mol. The van der Waals surface area contributed by atoms with E-state index in [9.17, 15) is 4.79 Å². The van der Waals surface area contributed by atoms with Crippen molar-refractivity contribution < 1.29 is 4.79 Å². The molecule has 0 atom stereocenters. The maximum atomic E-state index is 12.3. The normalized spacial score (nSPS) is 15.7. The van der Waals surface area contributed by atoms with Crippen molar-refractivity contribution in [1.82, 2.24) is 20.3 Å². The molecule has 2 N–H and O–H groups in total. The molecule has 116 valence electrons. The SMILES string of the molecule is Cc1ccc(NC(=O)c2cn(C3CCNCC3)nn2)cc1Br. The van der Waals surface area contributed by atoms with Crippen molar-refractivity contribution in [3.8, 4) is 0 Å². The first-order valence-electron chi connectivity index (χ1n) is 7.33. The topological polar surface area (TPSA) is 71.8 Å². The fourth-order valence-electron chi connectivity index (χ4n) is 2.50. The zero-order valence-corrected chi connectivity index (χ0v) is 13.9. The van der Waals surface area contributed by atoms with Crippen molar-refractivity contribution in [3.05, 3.63) is 40.1 Å². The summed E-state index contributed by atoms with van der Waals surface area (Å²) in [6.45, 7) is 3.95. The molecule has 3 rings (SSSR count). The summed E-state index contributed by atoms with van der Waals surface area (Å²) in [5.41, 5.74) is 2.20. The van der Waals surface area contributed by atoms with Gasteiger partial charge in [-0.3, -0.25) is 4.79 Å². The van der Waals surface area contributed by atoms with E-state index in [0.717, 1.165) is 41.7 Å². The molecule has 0 unspecified atom stereocenters. The summed E-state index contributed by atoms with van der Waals surface area (Å²) in [7, 11) is 0. The number of carbonyl (C=O) groups is 1. The quantitative estimate of drug-likeness (QED) is 0.878. The van der Waals surface area contributed by atoms with E-state index in [4.69, 9.17) is 0 Å². The maximum Gasteiger partial charge on any atom is 0.277 e. The molecule has 22 heavy (non-hydrogen) atoms. The number of carbonyl (C=O) groups excluding carboxylic acids is 1. The van der Waals surface area contributed by atoms with E-state index in [1.807, 2.05) is 25.1 Å². The number of anilines is 1. The molecule has 1 aromatic heterocycles. The third-order valence-electron chi connectivity index (χ3n) is 3.86. The molecule has 1 amide bonds. The molecule has 0 radical (unpaired) electrons.